The lowest BCUT2D eigenvalue weighted by molar-refractivity contribution is 0.140. The maximum Gasteiger partial charge on any atom is 0.381 e. The largest absolute Gasteiger partial charge is 0.381 e. The zero-order valence-corrected chi connectivity index (χ0v) is 14.7. The molecule has 10 heteroatoms. The monoisotopic (exact) mass is 354 g/mol. The van der Waals surface area contributed by atoms with Gasteiger partial charge in [-0.3, -0.25) is 0 Å². The van der Waals surface area contributed by atoms with Crippen LogP contribution in [0.1, 0.15) is 32.1 Å². The van der Waals surface area contributed by atoms with E-state index in [0.29, 0.717) is 12.8 Å². The van der Waals surface area contributed by atoms with Gasteiger partial charge in [-0.05, 0) is 33.6 Å². The third kappa shape index (κ3) is 7.11. The van der Waals surface area contributed by atoms with E-state index in [4.69, 9.17) is 4.18 Å². The third-order valence-electron chi connectivity index (χ3n) is 1.93. The number of aromatic nitrogens is 1. The normalized spacial score (nSPS) is 13.9. The summed E-state index contributed by atoms with van der Waals surface area (Å²) >= 11 is 1.07. The molecule has 0 atom stereocenters. The van der Waals surface area contributed by atoms with E-state index in [2.05, 4.69) is 9.38 Å². The van der Waals surface area contributed by atoms with Crippen LogP contribution in [0.25, 0.3) is 0 Å². The highest BCUT2D eigenvalue weighted by molar-refractivity contribution is 7.92. The minimum Gasteiger partial charge on any atom is -0.247 e. The average Bonchev–Trinajstić information content (AvgIpc) is 2.69. The first-order valence-corrected chi connectivity index (χ1v) is 10.1. The number of thiazole rings is 1. The molecule has 0 unspecified atom stereocenters. The molecule has 0 N–H and O–H groups in total. The minimum absolute atomic E-state index is 0.0538. The van der Waals surface area contributed by atoms with Gasteiger partial charge in [-0.25, -0.2) is 17.6 Å². The van der Waals surface area contributed by atoms with Crippen molar-refractivity contribution >= 4 is 37.7 Å². The predicted molar refractivity (Wildman–Crippen MR) is 81.8 cm³/mol. The Morgan fingerprint density at radius 1 is 1.33 bits per heavy atom. The molecule has 0 aliphatic heterocycles. The number of nitrogens with zero attached hydrogens (tertiary/aromatic N) is 2. The molecule has 0 bridgehead atoms. The highest BCUT2D eigenvalue weighted by Gasteiger charge is 2.20. The van der Waals surface area contributed by atoms with E-state index in [1.54, 1.807) is 20.8 Å². The molecule has 0 radical (unpaired) electrons. The van der Waals surface area contributed by atoms with Gasteiger partial charge in [-0.15, -0.1) is 11.3 Å². The van der Waals surface area contributed by atoms with Gasteiger partial charge >= 0.3 is 10.3 Å². The summed E-state index contributed by atoms with van der Waals surface area (Å²) in [6, 6.07) is 0. The van der Waals surface area contributed by atoms with Gasteiger partial charge in [0.05, 0.1) is 5.60 Å². The van der Waals surface area contributed by atoms with Crippen molar-refractivity contribution in [1.29, 1.82) is 0 Å². The van der Waals surface area contributed by atoms with Crippen molar-refractivity contribution in [2.75, 3.05) is 6.26 Å². The molecule has 0 amide bonds. The topological polar surface area (TPSA) is 103 Å². The molecule has 7 nitrogen and oxygen atoms in total. The van der Waals surface area contributed by atoms with Crippen LogP contribution < -0.4 is 0 Å². The molecule has 0 aliphatic carbocycles. The van der Waals surface area contributed by atoms with Gasteiger partial charge in [0.1, 0.15) is 0 Å². The van der Waals surface area contributed by atoms with Crippen molar-refractivity contribution in [3.63, 3.8) is 0 Å². The molecule has 1 aromatic heterocycles. The SMILES string of the molecule is CC(C)(C)OS(=O)(=O)/N=C\CCc1cnc(S(C)(=O)=O)s1. The Labute approximate surface area is 129 Å². The number of aryl methyl sites for hydroxylation is 1. The van der Waals surface area contributed by atoms with Gasteiger partial charge in [-0.1, -0.05) is 0 Å². The molecule has 0 aliphatic rings. The Bertz CT molecular complexity index is 711. The second-order valence-corrected chi connectivity index (χ2v) is 9.85. The molecule has 1 aromatic rings. The first-order chi connectivity index (χ1) is 9.39. The Kier molecular flexibility index (Phi) is 5.64. The molecule has 0 spiro atoms. The Morgan fingerprint density at radius 3 is 2.43 bits per heavy atom. The van der Waals surface area contributed by atoms with Gasteiger partial charge in [0.2, 0.25) is 14.2 Å². The smallest absolute Gasteiger partial charge is 0.247 e. The molecule has 0 fully saturated rings. The van der Waals surface area contributed by atoms with Crippen LogP contribution in [0.4, 0.5) is 0 Å². The fourth-order valence-electron chi connectivity index (χ4n) is 1.26. The zero-order valence-electron chi connectivity index (χ0n) is 12.2. The maximum absolute atomic E-state index is 11.5. The van der Waals surface area contributed by atoms with Gasteiger partial charge < -0.3 is 0 Å². The van der Waals surface area contributed by atoms with Crippen molar-refractivity contribution in [2.45, 2.75) is 43.6 Å². The lowest BCUT2D eigenvalue weighted by atomic mass is 10.2. The molecule has 21 heavy (non-hydrogen) atoms. The van der Waals surface area contributed by atoms with E-state index in [9.17, 15) is 16.8 Å². The average molecular weight is 354 g/mol. The number of hydrogen-bond donors (Lipinski definition) is 0. The summed E-state index contributed by atoms with van der Waals surface area (Å²) < 4.78 is 53.8. The van der Waals surface area contributed by atoms with E-state index in [1.165, 1.54) is 12.4 Å². The second-order valence-electron chi connectivity index (χ2n) is 5.31. The van der Waals surface area contributed by atoms with E-state index in [1.807, 2.05) is 0 Å². The van der Waals surface area contributed by atoms with Crippen molar-refractivity contribution in [3.8, 4) is 0 Å². The number of hydrogen-bond acceptors (Lipinski definition) is 7. The number of rotatable bonds is 6. The highest BCUT2D eigenvalue weighted by atomic mass is 32.2. The van der Waals surface area contributed by atoms with Gasteiger partial charge in [0.25, 0.3) is 0 Å². The Morgan fingerprint density at radius 2 is 1.95 bits per heavy atom. The van der Waals surface area contributed by atoms with Gasteiger partial charge in [-0.2, -0.15) is 12.8 Å². The minimum atomic E-state index is -3.95. The third-order valence-corrected chi connectivity index (χ3v) is 5.80. The lowest BCUT2D eigenvalue weighted by Gasteiger charge is -2.16. The summed E-state index contributed by atoms with van der Waals surface area (Å²) in [6.45, 7) is 4.85. The summed E-state index contributed by atoms with van der Waals surface area (Å²) in [5.41, 5.74) is -0.835. The van der Waals surface area contributed by atoms with E-state index >= 15 is 0 Å². The van der Waals surface area contributed by atoms with Crippen LogP contribution in [0.15, 0.2) is 14.9 Å². The molecular formula is C11H18N2O5S3. The van der Waals surface area contributed by atoms with Crippen molar-refractivity contribution in [3.05, 3.63) is 11.1 Å². The molecule has 120 valence electrons. The van der Waals surface area contributed by atoms with Crippen LogP contribution in [0.5, 0.6) is 0 Å². The lowest BCUT2D eigenvalue weighted by Crippen LogP contribution is -2.22. The van der Waals surface area contributed by atoms with Crippen LogP contribution in [0.2, 0.25) is 0 Å². The van der Waals surface area contributed by atoms with E-state index < -0.39 is 25.7 Å². The maximum atomic E-state index is 11.5. The molecular weight excluding hydrogens is 336 g/mol. The molecule has 1 heterocycles. The van der Waals surface area contributed by atoms with E-state index in [-0.39, 0.29) is 4.34 Å². The second kappa shape index (κ2) is 6.51. The van der Waals surface area contributed by atoms with Crippen LogP contribution in [-0.2, 0) is 30.7 Å². The van der Waals surface area contributed by atoms with Crippen molar-refractivity contribution in [2.24, 2.45) is 4.40 Å². The summed E-state index contributed by atoms with van der Waals surface area (Å²) in [6.07, 6.45) is 4.60. The van der Waals surface area contributed by atoms with Gasteiger partial charge in [0.15, 0.2) is 0 Å². The van der Waals surface area contributed by atoms with Crippen molar-refractivity contribution in [1.82, 2.24) is 4.98 Å². The van der Waals surface area contributed by atoms with Crippen LogP contribution in [0, 0.1) is 0 Å². The Hall–Kier alpha value is -0.840. The van der Waals surface area contributed by atoms with Gasteiger partial charge in [0, 0.05) is 23.5 Å². The summed E-state index contributed by atoms with van der Waals surface area (Å²) in [7, 11) is -7.25. The first-order valence-electron chi connectivity index (χ1n) is 6.03. The summed E-state index contributed by atoms with van der Waals surface area (Å²) in [5, 5.41) is 0. The predicted octanol–water partition coefficient (Wildman–Crippen LogP) is 1.61. The number of sulfone groups is 1. The standard InChI is InChI=1S/C11H18N2O5S3/c1-11(2,3)18-21(16,17)13-7-5-6-9-8-12-10(19-9)20(4,14)15/h7-8H,5-6H2,1-4H3/b13-7-. The zero-order chi connectivity index (χ0) is 16.3. The Balaban J connectivity index is 2.58. The van der Waals surface area contributed by atoms with Crippen molar-refractivity contribution < 1.29 is 21.0 Å². The van der Waals surface area contributed by atoms with E-state index in [0.717, 1.165) is 22.5 Å². The fraction of sp³-hybridized carbons (Fsp3) is 0.636. The molecule has 1 rings (SSSR count). The van der Waals surface area contributed by atoms with Crippen LogP contribution >= 0.6 is 11.3 Å². The fourth-order valence-corrected chi connectivity index (χ4v) is 4.05. The molecule has 0 saturated heterocycles. The molecule has 0 saturated carbocycles. The highest BCUT2D eigenvalue weighted by Crippen LogP contribution is 2.19. The first kappa shape index (κ1) is 18.2. The summed E-state index contributed by atoms with van der Waals surface area (Å²) in [5.74, 6) is 0. The van der Waals surface area contributed by atoms with Crippen LogP contribution in [0.3, 0.4) is 0 Å². The van der Waals surface area contributed by atoms with Crippen LogP contribution in [-0.4, -0.2) is 39.9 Å². The quantitative estimate of drug-likeness (QED) is 0.719. The molecule has 0 aromatic carbocycles. The summed E-state index contributed by atoms with van der Waals surface area (Å²) in [4.78, 5) is 4.55.